The number of hydrogen-bond donors (Lipinski definition) is 1. The molecule has 0 amide bonds. The first-order valence-corrected chi connectivity index (χ1v) is 7.80. The second-order valence-corrected chi connectivity index (χ2v) is 6.82. The van der Waals surface area contributed by atoms with Crippen LogP contribution in [0.3, 0.4) is 0 Å². The first kappa shape index (κ1) is 14.4. The minimum Gasteiger partial charge on any atom is -0.398 e. The van der Waals surface area contributed by atoms with Crippen molar-refractivity contribution in [3.8, 4) is 11.1 Å². The van der Waals surface area contributed by atoms with Crippen molar-refractivity contribution in [3.05, 3.63) is 29.3 Å². The number of anilines is 1. The van der Waals surface area contributed by atoms with Crippen molar-refractivity contribution >= 4 is 17.3 Å². The van der Waals surface area contributed by atoms with Crippen LogP contribution in [0, 0.1) is 12.3 Å². The molecule has 3 rings (SSSR count). The Kier molecular flexibility index (Phi) is 3.66. The Morgan fingerprint density at radius 2 is 2.10 bits per heavy atom. The van der Waals surface area contributed by atoms with Crippen LogP contribution in [0.25, 0.3) is 11.1 Å². The van der Waals surface area contributed by atoms with Crippen molar-refractivity contribution in [2.75, 3.05) is 5.73 Å². The van der Waals surface area contributed by atoms with Crippen LogP contribution in [0.15, 0.2) is 18.5 Å². The molecule has 2 heterocycles. The molecule has 0 saturated heterocycles. The Morgan fingerprint density at radius 3 is 2.76 bits per heavy atom. The van der Waals surface area contributed by atoms with Gasteiger partial charge in [-0.25, -0.2) is 4.98 Å². The largest absolute Gasteiger partial charge is 0.398 e. The van der Waals surface area contributed by atoms with Crippen molar-refractivity contribution in [3.63, 3.8) is 0 Å². The highest BCUT2D eigenvalue weighted by Crippen LogP contribution is 2.39. The molecule has 1 aliphatic carbocycles. The van der Waals surface area contributed by atoms with Gasteiger partial charge in [0, 0.05) is 35.2 Å². The highest BCUT2D eigenvalue weighted by atomic mass is 35.5. The third-order valence-corrected chi connectivity index (χ3v) is 4.68. The average Bonchev–Trinajstić information content (AvgIpc) is 2.98. The highest BCUT2D eigenvalue weighted by molar-refractivity contribution is 6.32. The predicted octanol–water partition coefficient (Wildman–Crippen LogP) is 4.07. The summed E-state index contributed by atoms with van der Waals surface area (Å²) in [6.45, 7) is 5.18. The Hall–Kier alpha value is -1.55. The minimum atomic E-state index is 0.365. The van der Waals surface area contributed by atoms with Gasteiger partial charge >= 0.3 is 0 Å². The Bertz CT molecular complexity index is 633. The highest BCUT2D eigenvalue weighted by Gasteiger charge is 2.29. The number of nitrogens with two attached hydrogens (primary N) is 1. The fraction of sp³-hybridized carbons (Fsp3) is 0.500. The lowest BCUT2D eigenvalue weighted by Crippen LogP contribution is -2.19. The molecule has 0 spiro atoms. The number of aromatic nitrogens is 3. The number of pyridine rings is 1. The molecule has 2 N–H and O–H groups in total. The summed E-state index contributed by atoms with van der Waals surface area (Å²) in [6.07, 6.45) is 9.05. The minimum absolute atomic E-state index is 0.365. The van der Waals surface area contributed by atoms with Crippen LogP contribution >= 0.6 is 11.6 Å². The van der Waals surface area contributed by atoms with E-state index in [1.807, 2.05) is 30.1 Å². The van der Waals surface area contributed by atoms with Crippen LogP contribution in [0.1, 0.15) is 38.3 Å². The quantitative estimate of drug-likeness (QED) is 0.870. The summed E-state index contributed by atoms with van der Waals surface area (Å²) in [4.78, 5) is 4.29. The molecule has 2 aromatic heterocycles. The molecule has 0 bridgehead atoms. The number of nitrogens with zero attached hydrogens (tertiary/aromatic N) is 3. The predicted molar refractivity (Wildman–Crippen MR) is 86.2 cm³/mol. The molecule has 0 unspecified atom stereocenters. The maximum Gasteiger partial charge on any atom is 0.139 e. The summed E-state index contributed by atoms with van der Waals surface area (Å²) < 4.78 is 2.01. The van der Waals surface area contributed by atoms with Crippen LogP contribution in [-0.4, -0.2) is 14.8 Å². The lowest BCUT2D eigenvalue weighted by molar-refractivity contribution is 0.268. The number of hydrogen-bond acceptors (Lipinski definition) is 3. The Labute approximate surface area is 130 Å². The molecule has 0 atom stereocenters. The third kappa shape index (κ3) is 2.91. The van der Waals surface area contributed by atoms with Gasteiger partial charge in [-0.3, -0.25) is 4.68 Å². The van der Waals surface area contributed by atoms with Gasteiger partial charge in [0.25, 0.3) is 0 Å². The molecule has 5 heteroatoms. The van der Waals surface area contributed by atoms with Crippen molar-refractivity contribution in [2.45, 2.75) is 46.1 Å². The van der Waals surface area contributed by atoms with Gasteiger partial charge in [0.2, 0.25) is 0 Å². The lowest BCUT2D eigenvalue weighted by Gasteiger charge is -2.22. The van der Waals surface area contributed by atoms with Crippen molar-refractivity contribution in [1.29, 1.82) is 0 Å². The van der Waals surface area contributed by atoms with Gasteiger partial charge in [0.1, 0.15) is 5.15 Å². The van der Waals surface area contributed by atoms with Gasteiger partial charge < -0.3 is 5.73 Å². The molecule has 1 saturated carbocycles. The van der Waals surface area contributed by atoms with Gasteiger partial charge in [-0.15, -0.1) is 0 Å². The topological polar surface area (TPSA) is 56.7 Å². The first-order valence-electron chi connectivity index (χ1n) is 7.42. The first-order chi connectivity index (χ1) is 9.97. The van der Waals surface area contributed by atoms with E-state index in [2.05, 4.69) is 17.0 Å². The van der Waals surface area contributed by atoms with Crippen LogP contribution in [0.5, 0.6) is 0 Å². The van der Waals surface area contributed by atoms with E-state index in [0.29, 0.717) is 16.3 Å². The van der Waals surface area contributed by atoms with Crippen molar-refractivity contribution in [2.24, 2.45) is 5.41 Å². The summed E-state index contributed by atoms with van der Waals surface area (Å²) in [6, 6.07) is 1.84. The van der Waals surface area contributed by atoms with Crippen LogP contribution in [0.2, 0.25) is 5.15 Å². The summed E-state index contributed by atoms with van der Waals surface area (Å²) in [7, 11) is 0. The number of nitrogen functional groups attached to an aromatic ring is 1. The standard InChI is InChI=1S/C16H21ClN4/c1-11-7-13(18)14(15(17)20-11)12-8-19-21(9-12)10-16(2)5-3-4-6-16/h7-9H,3-6,10H2,1-2H3,(H2,18,20). The summed E-state index contributed by atoms with van der Waals surface area (Å²) >= 11 is 6.25. The van der Waals surface area contributed by atoms with E-state index in [-0.39, 0.29) is 0 Å². The fourth-order valence-corrected chi connectivity index (χ4v) is 3.65. The summed E-state index contributed by atoms with van der Waals surface area (Å²) in [5, 5.41) is 4.92. The molecule has 2 aromatic rings. The number of rotatable bonds is 3. The van der Waals surface area contributed by atoms with Crippen molar-refractivity contribution < 1.29 is 0 Å². The van der Waals surface area contributed by atoms with E-state index in [9.17, 15) is 0 Å². The summed E-state index contributed by atoms with van der Waals surface area (Å²) in [5.41, 5.74) is 9.65. The zero-order chi connectivity index (χ0) is 15.0. The zero-order valence-electron chi connectivity index (χ0n) is 12.6. The van der Waals surface area contributed by atoms with Gasteiger partial charge in [-0.05, 0) is 31.2 Å². The zero-order valence-corrected chi connectivity index (χ0v) is 13.3. The van der Waals surface area contributed by atoms with Gasteiger partial charge in [-0.2, -0.15) is 5.10 Å². The summed E-state index contributed by atoms with van der Waals surface area (Å²) in [5.74, 6) is 0. The number of halogens is 1. The normalized spacial score (nSPS) is 17.3. The monoisotopic (exact) mass is 304 g/mol. The second kappa shape index (κ2) is 5.34. The lowest BCUT2D eigenvalue weighted by atomic mass is 9.89. The number of aryl methyl sites for hydroxylation is 1. The van der Waals surface area contributed by atoms with E-state index in [1.165, 1.54) is 25.7 Å². The maximum absolute atomic E-state index is 6.25. The van der Waals surface area contributed by atoms with E-state index >= 15 is 0 Å². The Balaban J connectivity index is 1.88. The van der Waals surface area contributed by atoms with E-state index in [4.69, 9.17) is 17.3 Å². The van der Waals surface area contributed by atoms with Crippen LogP contribution in [-0.2, 0) is 6.54 Å². The van der Waals surface area contributed by atoms with Crippen LogP contribution < -0.4 is 5.73 Å². The van der Waals surface area contributed by atoms with E-state index < -0.39 is 0 Å². The van der Waals surface area contributed by atoms with Gasteiger partial charge in [0.05, 0.1) is 6.20 Å². The molecule has 4 nitrogen and oxygen atoms in total. The maximum atomic E-state index is 6.25. The molecular weight excluding hydrogens is 284 g/mol. The van der Waals surface area contributed by atoms with Crippen molar-refractivity contribution in [1.82, 2.24) is 14.8 Å². The molecule has 0 aromatic carbocycles. The second-order valence-electron chi connectivity index (χ2n) is 6.46. The van der Waals surface area contributed by atoms with Gasteiger partial charge in [-0.1, -0.05) is 31.4 Å². The molecule has 0 aliphatic heterocycles. The molecular formula is C16H21ClN4. The van der Waals surface area contributed by atoms with Gasteiger partial charge in [0.15, 0.2) is 0 Å². The SMILES string of the molecule is Cc1cc(N)c(-c2cnn(CC3(C)CCCC3)c2)c(Cl)n1. The molecule has 21 heavy (non-hydrogen) atoms. The Morgan fingerprint density at radius 1 is 1.38 bits per heavy atom. The smallest absolute Gasteiger partial charge is 0.139 e. The van der Waals surface area contributed by atoms with E-state index in [1.54, 1.807) is 0 Å². The molecule has 0 radical (unpaired) electrons. The van der Waals surface area contributed by atoms with E-state index in [0.717, 1.165) is 23.4 Å². The van der Waals surface area contributed by atoms with Crippen LogP contribution in [0.4, 0.5) is 5.69 Å². The molecule has 112 valence electrons. The third-order valence-electron chi connectivity index (χ3n) is 4.41. The molecule has 1 fully saturated rings. The average molecular weight is 305 g/mol. The fourth-order valence-electron chi connectivity index (χ4n) is 3.30. The molecule has 1 aliphatic rings.